The second kappa shape index (κ2) is 12.0. The summed E-state index contributed by atoms with van der Waals surface area (Å²) in [6.45, 7) is 6.75. The third kappa shape index (κ3) is 5.05. The number of hydrogen-bond donors (Lipinski definition) is 2. The number of carbonyl (C=O) groups is 3. The summed E-state index contributed by atoms with van der Waals surface area (Å²) in [6, 6.07) is 18.8. The zero-order chi connectivity index (χ0) is 34.2. The maximum Gasteiger partial charge on any atom is 0.411 e. The maximum absolute atomic E-state index is 14.1. The topological polar surface area (TPSA) is 102 Å². The molecule has 0 aliphatic heterocycles. The SMILES string of the molecule is COC(=O)CCC(C)[C@H]1CC[C@H]2[C@@H]3C(=O)C[C@@H]4C[C@@H](OC(=O)Nc5ccc6ccc7cccc8ccc5c6c78)CC[C@]4(C)[C@H]3C[C@H](O)[C@]12C. The Morgan fingerprint density at radius 3 is 2.41 bits per heavy atom. The average molecular weight is 664 g/mol. The molecule has 0 heterocycles. The number of carbonyl (C=O) groups excluding carboxylic acids is 3. The Hall–Kier alpha value is -3.71. The molecule has 8 rings (SSSR count). The van der Waals surface area contributed by atoms with Gasteiger partial charge in [-0.15, -0.1) is 0 Å². The molecule has 4 aromatic carbocycles. The van der Waals surface area contributed by atoms with Crippen LogP contribution in [0.4, 0.5) is 10.5 Å². The Morgan fingerprint density at radius 1 is 0.939 bits per heavy atom. The summed E-state index contributed by atoms with van der Waals surface area (Å²) < 4.78 is 11.0. The number of amides is 1. The van der Waals surface area contributed by atoms with Gasteiger partial charge in [-0.3, -0.25) is 14.9 Å². The van der Waals surface area contributed by atoms with Crippen LogP contribution in [0.3, 0.4) is 0 Å². The van der Waals surface area contributed by atoms with E-state index in [2.05, 4.69) is 74.6 Å². The zero-order valence-corrected chi connectivity index (χ0v) is 29.2. The lowest BCUT2D eigenvalue weighted by atomic mass is 9.43. The first-order valence-electron chi connectivity index (χ1n) is 18.4. The van der Waals surface area contributed by atoms with E-state index in [1.54, 1.807) is 0 Å². The zero-order valence-electron chi connectivity index (χ0n) is 29.2. The van der Waals surface area contributed by atoms with Crippen molar-refractivity contribution < 1.29 is 29.0 Å². The molecule has 4 aliphatic carbocycles. The first kappa shape index (κ1) is 32.5. The molecule has 4 aromatic rings. The summed E-state index contributed by atoms with van der Waals surface area (Å²) in [4.78, 5) is 39.4. The number of Topliss-reactive ketones (excluding diaryl/α,β-unsaturated/α-hetero) is 1. The predicted molar refractivity (Wildman–Crippen MR) is 191 cm³/mol. The number of aliphatic hydroxyl groups excluding tert-OH is 1. The molecule has 49 heavy (non-hydrogen) atoms. The van der Waals surface area contributed by atoms with E-state index >= 15 is 0 Å². The van der Waals surface area contributed by atoms with Crippen molar-refractivity contribution in [2.75, 3.05) is 12.4 Å². The number of benzene rings is 4. The fourth-order valence-electron chi connectivity index (χ4n) is 11.7. The van der Waals surface area contributed by atoms with E-state index < -0.39 is 12.2 Å². The van der Waals surface area contributed by atoms with Crippen molar-refractivity contribution in [3.8, 4) is 0 Å². The van der Waals surface area contributed by atoms with Crippen LogP contribution in [0, 0.1) is 46.3 Å². The smallest absolute Gasteiger partial charge is 0.411 e. The van der Waals surface area contributed by atoms with Crippen LogP contribution in [0.1, 0.15) is 78.6 Å². The van der Waals surface area contributed by atoms with Crippen LogP contribution in [-0.4, -0.2) is 42.3 Å². The van der Waals surface area contributed by atoms with Crippen molar-refractivity contribution in [3.63, 3.8) is 0 Å². The van der Waals surface area contributed by atoms with Crippen LogP contribution in [0.2, 0.25) is 0 Å². The van der Waals surface area contributed by atoms with Crippen molar-refractivity contribution in [2.24, 2.45) is 46.3 Å². The number of fused-ring (bicyclic) bond motifs is 5. The van der Waals surface area contributed by atoms with Crippen LogP contribution >= 0.6 is 0 Å². The number of anilines is 1. The van der Waals surface area contributed by atoms with Gasteiger partial charge >= 0.3 is 12.1 Å². The second-order valence-corrected chi connectivity index (χ2v) is 16.4. The van der Waals surface area contributed by atoms with Crippen LogP contribution < -0.4 is 5.32 Å². The molecule has 4 fully saturated rings. The van der Waals surface area contributed by atoms with E-state index in [1.165, 1.54) is 23.3 Å². The fourth-order valence-corrected chi connectivity index (χ4v) is 11.7. The Labute approximate surface area is 288 Å². The second-order valence-electron chi connectivity index (χ2n) is 16.4. The Morgan fingerprint density at radius 2 is 1.65 bits per heavy atom. The molecule has 4 aliphatic rings. The summed E-state index contributed by atoms with van der Waals surface area (Å²) >= 11 is 0. The molecule has 1 unspecified atom stereocenters. The van der Waals surface area contributed by atoms with Gasteiger partial charge in [0.15, 0.2) is 0 Å². The van der Waals surface area contributed by atoms with Gasteiger partial charge in [0.1, 0.15) is 11.9 Å². The highest BCUT2D eigenvalue weighted by Crippen LogP contribution is 2.67. The highest BCUT2D eigenvalue weighted by atomic mass is 16.6. The van der Waals surface area contributed by atoms with Gasteiger partial charge in [-0.25, -0.2) is 4.79 Å². The predicted octanol–water partition coefficient (Wildman–Crippen LogP) is 8.90. The van der Waals surface area contributed by atoms with E-state index in [-0.39, 0.29) is 58.4 Å². The van der Waals surface area contributed by atoms with Crippen molar-refractivity contribution in [3.05, 3.63) is 54.6 Å². The summed E-state index contributed by atoms with van der Waals surface area (Å²) in [5, 5.41) is 21.8. The lowest BCUT2D eigenvalue weighted by Crippen LogP contribution is -2.61. The first-order valence-corrected chi connectivity index (χ1v) is 18.4. The number of esters is 1. The lowest BCUT2D eigenvalue weighted by molar-refractivity contribution is -0.182. The van der Waals surface area contributed by atoms with Crippen molar-refractivity contribution >= 4 is 55.9 Å². The lowest BCUT2D eigenvalue weighted by Gasteiger charge is -2.61. The van der Waals surface area contributed by atoms with E-state index in [0.29, 0.717) is 31.5 Å². The Balaban J connectivity index is 0.963. The Bertz CT molecular complexity index is 1920. The highest BCUT2D eigenvalue weighted by molar-refractivity contribution is 6.25. The van der Waals surface area contributed by atoms with E-state index in [1.807, 2.05) is 6.07 Å². The maximum atomic E-state index is 14.1. The van der Waals surface area contributed by atoms with Gasteiger partial charge in [-0.05, 0) is 113 Å². The van der Waals surface area contributed by atoms with Gasteiger partial charge in [0.2, 0.25) is 0 Å². The molecule has 0 saturated heterocycles. The molecule has 0 aromatic heterocycles. The molecule has 0 bridgehead atoms. The summed E-state index contributed by atoms with van der Waals surface area (Å²) in [5.74, 6) is 1.04. The van der Waals surface area contributed by atoms with Gasteiger partial charge < -0.3 is 14.6 Å². The number of nitrogens with one attached hydrogen (secondary N) is 1. The van der Waals surface area contributed by atoms with Gasteiger partial charge in [0.05, 0.1) is 18.9 Å². The first-order chi connectivity index (χ1) is 23.5. The molecule has 7 nitrogen and oxygen atoms in total. The monoisotopic (exact) mass is 663 g/mol. The quantitative estimate of drug-likeness (QED) is 0.158. The van der Waals surface area contributed by atoms with Crippen molar-refractivity contribution in [1.82, 2.24) is 0 Å². The van der Waals surface area contributed by atoms with Gasteiger partial charge in [-0.1, -0.05) is 69.3 Å². The van der Waals surface area contributed by atoms with Gasteiger partial charge in [0.25, 0.3) is 0 Å². The molecule has 1 amide bonds. The van der Waals surface area contributed by atoms with Crippen LogP contribution in [0.15, 0.2) is 54.6 Å². The molecule has 2 N–H and O–H groups in total. The highest BCUT2D eigenvalue weighted by Gasteiger charge is 2.66. The Kier molecular flexibility index (Phi) is 7.93. The van der Waals surface area contributed by atoms with Crippen molar-refractivity contribution in [1.29, 1.82) is 0 Å². The minimum Gasteiger partial charge on any atom is -0.469 e. The number of ketones is 1. The summed E-state index contributed by atoms with van der Waals surface area (Å²) in [6.07, 6.45) is 5.30. The van der Waals surface area contributed by atoms with Crippen LogP contribution in [0.25, 0.3) is 32.3 Å². The number of methoxy groups -OCH3 is 1. The normalized spacial score (nSPS) is 34.7. The molecule has 258 valence electrons. The fraction of sp³-hybridized carbons (Fsp3) is 0.548. The molecule has 4 saturated carbocycles. The summed E-state index contributed by atoms with van der Waals surface area (Å²) in [7, 11) is 1.43. The molecule has 10 atom stereocenters. The average Bonchev–Trinajstić information content (AvgIpc) is 3.46. The minimum absolute atomic E-state index is 0.0391. The number of rotatable bonds is 6. The van der Waals surface area contributed by atoms with E-state index in [0.717, 1.165) is 54.0 Å². The minimum atomic E-state index is -0.486. The third-order valence-corrected chi connectivity index (χ3v) is 14.4. The van der Waals surface area contributed by atoms with Gasteiger partial charge in [-0.2, -0.15) is 0 Å². The van der Waals surface area contributed by atoms with Crippen LogP contribution in [-0.2, 0) is 19.1 Å². The largest absolute Gasteiger partial charge is 0.469 e. The molecular weight excluding hydrogens is 614 g/mol. The molecule has 7 heteroatoms. The van der Waals surface area contributed by atoms with Crippen LogP contribution in [0.5, 0.6) is 0 Å². The molecular formula is C42H49NO6. The number of hydrogen-bond acceptors (Lipinski definition) is 6. The number of ether oxygens (including phenoxy) is 2. The van der Waals surface area contributed by atoms with E-state index in [4.69, 9.17) is 9.47 Å². The van der Waals surface area contributed by atoms with E-state index in [9.17, 15) is 19.5 Å². The third-order valence-electron chi connectivity index (χ3n) is 14.4. The number of aliphatic hydroxyl groups is 1. The van der Waals surface area contributed by atoms with Crippen molar-refractivity contribution in [2.45, 2.75) is 90.8 Å². The molecule has 0 radical (unpaired) electrons. The standard InChI is InChI=1S/C42H49NO6/c1-23(8-17-36(46)48-4)30-14-15-31-39-32(22-35(45)42(30,31)3)41(2)19-18-28(20-27(41)21-34(39)44)49-40(47)43-33-16-12-26-10-9-24-6-5-7-25-11-13-29(33)38(26)37(24)25/h5-7,9-13,16,23,27-28,30-32,35,39,45H,8,14-15,17-22H2,1-4H3,(H,43,47)/t23?,27-,28-,30+,31-,32-,35-,39-,41-,42+/m0/s1. The molecule has 0 spiro atoms. The van der Waals surface area contributed by atoms with Gasteiger partial charge in [0, 0.05) is 29.6 Å². The summed E-state index contributed by atoms with van der Waals surface area (Å²) in [5.41, 5.74) is 0.317.